The van der Waals surface area contributed by atoms with Crippen LogP contribution in [0.2, 0.25) is 5.02 Å². The molecule has 0 saturated carbocycles. The summed E-state index contributed by atoms with van der Waals surface area (Å²) in [5, 5.41) is 11.6. The van der Waals surface area contributed by atoms with E-state index in [2.05, 4.69) is 10.3 Å². The highest BCUT2D eigenvalue weighted by Gasteiger charge is 2.31. The minimum Gasteiger partial charge on any atom is -0.340 e. The van der Waals surface area contributed by atoms with Gasteiger partial charge in [-0.15, -0.1) is 0 Å². The van der Waals surface area contributed by atoms with Crippen LogP contribution in [-0.4, -0.2) is 4.98 Å². The third-order valence-corrected chi connectivity index (χ3v) is 2.80. The van der Waals surface area contributed by atoms with E-state index in [1.165, 1.54) is 12.1 Å². The molecule has 0 radical (unpaired) electrons. The Kier molecular flexibility index (Phi) is 4.05. The molecule has 0 amide bonds. The van der Waals surface area contributed by atoms with Crippen molar-refractivity contribution in [2.45, 2.75) is 13.1 Å². The van der Waals surface area contributed by atoms with Gasteiger partial charge < -0.3 is 5.32 Å². The Bertz CT molecular complexity index is 720. The summed E-state index contributed by atoms with van der Waals surface area (Å²) in [6.45, 7) is 1.69. The van der Waals surface area contributed by atoms with Crippen LogP contribution in [0.1, 0.15) is 16.8 Å². The molecular weight excluding hydrogens is 303 g/mol. The van der Waals surface area contributed by atoms with Crippen molar-refractivity contribution in [3.63, 3.8) is 0 Å². The lowest BCUT2D eigenvalue weighted by Gasteiger charge is -2.11. The first-order valence-corrected chi connectivity index (χ1v) is 6.19. The van der Waals surface area contributed by atoms with Gasteiger partial charge in [-0.3, -0.25) is 0 Å². The van der Waals surface area contributed by atoms with E-state index in [1.807, 2.05) is 6.07 Å². The molecule has 0 aliphatic heterocycles. The van der Waals surface area contributed by atoms with Gasteiger partial charge in [-0.05, 0) is 37.3 Å². The molecular formula is C14H9ClF3N3. The minimum atomic E-state index is -4.49. The van der Waals surface area contributed by atoms with E-state index in [4.69, 9.17) is 16.9 Å². The van der Waals surface area contributed by atoms with Crippen molar-refractivity contribution in [2.75, 3.05) is 5.32 Å². The lowest BCUT2D eigenvalue weighted by atomic mass is 10.2. The second-order valence-electron chi connectivity index (χ2n) is 4.35. The summed E-state index contributed by atoms with van der Waals surface area (Å²) < 4.78 is 38.2. The molecule has 0 unspecified atom stereocenters. The van der Waals surface area contributed by atoms with Crippen molar-refractivity contribution >= 4 is 23.1 Å². The molecule has 1 aromatic heterocycles. The van der Waals surface area contributed by atoms with Gasteiger partial charge in [0.2, 0.25) is 0 Å². The van der Waals surface area contributed by atoms with Crippen LogP contribution in [-0.2, 0) is 6.18 Å². The largest absolute Gasteiger partial charge is 0.416 e. The number of halogens is 4. The van der Waals surface area contributed by atoms with Gasteiger partial charge in [0.05, 0.1) is 17.2 Å². The lowest BCUT2D eigenvalue weighted by Crippen LogP contribution is -2.06. The van der Waals surface area contributed by atoms with E-state index in [1.54, 1.807) is 13.0 Å². The summed E-state index contributed by atoms with van der Waals surface area (Å²) in [6, 6.07) is 8.11. The average Bonchev–Trinajstić information content (AvgIpc) is 2.36. The predicted molar refractivity (Wildman–Crippen MR) is 73.4 cm³/mol. The number of nitrogens with one attached hydrogen (secondary N) is 1. The summed E-state index contributed by atoms with van der Waals surface area (Å²) in [5.74, 6) is 0.280. The van der Waals surface area contributed by atoms with Gasteiger partial charge in [-0.1, -0.05) is 11.6 Å². The second-order valence-corrected chi connectivity index (χ2v) is 4.78. The van der Waals surface area contributed by atoms with Crippen molar-refractivity contribution in [1.29, 1.82) is 5.26 Å². The molecule has 0 spiro atoms. The van der Waals surface area contributed by atoms with Gasteiger partial charge in [0, 0.05) is 16.4 Å². The molecule has 2 rings (SSSR count). The number of hydrogen-bond donors (Lipinski definition) is 1. The summed E-state index contributed by atoms with van der Waals surface area (Å²) in [4.78, 5) is 4.11. The molecule has 2 aromatic rings. The normalized spacial score (nSPS) is 11.0. The molecule has 1 N–H and O–H groups in total. The van der Waals surface area contributed by atoms with Gasteiger partial charge >= 0.3 is 6.18 Å². The molecule has 0 fully saturated rings. The smallest absolute Gasteiger partial charge is 0.340 e. The number of anilines is 2. The van der Waals surface area contributed by atoms with Crippen molar-refractivity contribution in [3.8, 4) is 6.07 Å². The van der Waals surface area contributed by atoms with E-state index in [-0.39, 0.29) is 16.5 Å². The standard InChI is InChI=1S/C14H9ClF3N3/c1-8-2-9(7-19)3-13(20-8)21-12-5-10(14(16,17)18)4-11(15)6-12/h2-6H,1H3,(H,20,21). The van der Waals surface area contributed by atoms with Gasteiger partial charge in [0.1, 0.15) is 5.82 Å². The molecule has 1 aromatic carbocycles. The summed E-state index contributed by atoms with van der Waals surface area (Å²) in [7, 11) is 0. The van der Waals surface area contributed by atoms with Crippen LogP contribution < -0.4 is 5.32 Å². The third-order valence-electron chi connectivity index (χ3n) is 2.58. The van der Waals surface area contributed by atoms with Crippen LogP contribution in [0, 0.1) is 18.3 Å². The number of alkyl halides is 3. The van der Waals surface area contributed by atoms with Gasteiger partial charge in [0.15, 0.2) is 0 Å². The summed E-state index contributed by atoms with van der Waals surface area (Å²) >= 11 is 5.70. The molecule has 1 heterocycles. The van der Waals surface area contributed by atoms with E-state index < -0.39 is 11.7 Å². The first kappa shape index (κ1) is 15.1. The fourth-order valence-corrected chi connectivity index (χ4v) is 2.01. The van der Waals surface area contributed by atoms with Crippen molar-refractivity contribution in [2.24, 2.45) is 0 Å². The number of aryl methyl sites for hydroxylation is 1. The lowest BCUT2D eigenvalue weighted by molar-refractivity contribution is -0.137. The van der Waals surface area contributed by atoms with Crippen molar-refractivity contribution < 1.29 is 13.2 Å². The summed E-state index contributed by atoms with van der Waals surface area (Å²) in [5.41, 5.74) is 0.236. The number of nitrogens with zero attached hydrogens (tertiary/aromatic N) is 2. The average molecular weight is 312 g/mol. The van der Waals surface area contributed by atoms with E-state index in [9.17, 15) is 13.2 Å². The van der Waals surface area contributed by atoms with Gasteiger partial charge in [0.25, 0.3) is 0 Å². The SMILES string of the molecule is Cc1cc(C#N)cc(Nc2cc(Cl)cc(C(F)(F)F)c2)n1. The zero-order valence-electron chi connectivity index (χ0n) is 10.8. The van der Waals surface area contributed by atoms with E-state index in [0.29, 0.717) is 11.3 Å². The number of nitriles is 1. The summed E-state index contributed by atoms with van der Waals surface area (Å²) in [6.07, 6.45) is -4.49. The Hall–Kier alpha value is -2.26. The highest BCUT2D eigenvalue weighted by molar-refractivity contribution is 6.31. The van der Waals surface area contributed by atoms with E-state index >= 15 is 0 Å². The molecule has 0 bridgehead atoms. The Labute approximate surface area is 124 Å². The fraction of sp³-hybridized carbons (Fsp3) is 0.143. The first-order valence-electron chi connectivity index (χ1n) is 5.81. The Balaban J connectivity index is 2.38. The Morgan fingerprint density at radius 1 is 1.19 bits per heavy atom. The fourth-order valence-electron chi connectivity index (χ4n) is 1.77. The third kappa shape index (κ3) is 3.86. The molecule has 0 saturated heterocycles. The highest BCUT2D eigenvalue weighted by Crippen LogP contribution is 2.34. The first-order chi connectivity index (χ1) is 9.77. The maximum atomic E-state index is 12.7. The van der Waals surface area contributed by atoms with Crippen LogP contribution in [0.4, 0.5) is 24.7 Å². The van der Waals surface area contributed by atoms with Crippen molar-refractivity contribution in [1.82, 2.24) is 4.98 Å². The molecule has 3 nitrogen and oxygen atoms in total. The molecule has 0 aliphatic rings. The van der Waals surface area contributed by atoms with Crippen LogP contribution in [0.15, 0.2) is 30.3 Å². The topological polar surface area (TPSA) is 48.7 Å². The minimum absolute atomic E-state index is 0.0412. The zero-order chi connectivity index (χ0) is 15.6. The maximum Gasteiger partial charge on any atom is 0.416 e. The highest BCUT2D eigenvalue weighted by atomic mass is 35.5. The Morgan fingerprint density at radius 2 is 1.90 bits per heavy atom. The van der Waals surface area contributed by atoms with Crippen LogP contribution in [0.5, 0.6) is 0 Å². The monoisotopic (exact) mass is 311 g/mol. The number of hydrogen-bond acceptors (Lipinski definition) is 3. The quantitative estimate of drug-likeness (QED) is 0.876. The molecule has 21 heavy (non-hydrogen) atoms. The molecule has 0 aliphatic carbocycles. The predicted octanol–water partition coefficient (Wildman–Crippen LogP) is 4.68. The van der Waals surface area contributed by atoms with Crippen LogP contribution >= 0.6 is 11.6 Å². The van der Waals surface area contributed by atoms with Crippen molar-refractivity contribution in [3.05, 3.63) is 52.2 Å². The Morgan fingerprint density at radius 3 is 2.52 bits per heavy atom. The second kappa shape index (κ2) is 5.62. The number of rotatable bonds is 2. The molecule has 7 heteroatoms. The van der Waals surface area contributed by atoms with Gasteiger partial charge in [-0.25, -0.2) is 4.98 Å². The number of pyridine rings is 1. The zero-order valence-corrected chi connectivity index (χ0v) is 11.5. The van der Waals surface area contributed by atoms with Gasteiger partial charge in [-0.2, -0.15) is 18.4 Å². The maximum absolute atomic E-state index is 12.7. The van der Waals surface area contributed by atoms with E-state index in [0.717, 1.165) is 12.1 Å². The van der Waals surface area contributed by atoms with Crippen LogP contribution in [0.25, 0.3) is 0 Å². The van der Waals surface area contributed by atoms with Crippen LogP contribution in [0.3, 0.4) is 0 Å². The molecule has 0 atom stereocenters. The number of benzene rings is 1. The number of aromatic nitrogens is 1. The molecule has 108 valence electrons.